The van der Waals surface area contributed by atoms with Crippen molar-refractivity contribution in [3.8, 4) is 0 Å². The largest absolute Gasteiger partial charge is 0.399 e. The Morgan fingerprint density at radius 3 is 2.65 bits per heavy atom. The molecule has 0 bridgehead atoms. The van der Waals surface area contributed by atoms with Crippen molar-refractivity contribution in [2.45, 2.75) is 6.92 Å². The summed E-state index contributed by atoms with van der Waals surface area (Å²) >= 11 is 3.44. The fourth-order valence-corrected chi connectivity index (χ4v) is 1.89. The zero-order valence-electron chi connectivity index (χ0n) is 9.30. The van der Waals surface area contributed by atoms with Crippen molar-refractivity contribution in [1.29, 1.82) is 0 Å². The summed E-state index contributed by atoms with van der Waals surface area (Å²) in [5, 5.41) is 3.05. The first-order valence-corrected chi connectivity index (χ1v) is 5.94. The first-order valence-electron chi connectivity index (χ1n) is 5.15. The molecule has 0 fully saturated rings. The monoisotopic (exact) mass is 294 g/mol. The summed E-state index contributed by atoms with van der Waals surface area (Å²) in [6, 6.07) is 10.3. The molecule has 2 aromatic rings. The van der Waals surface area contributed by atoms with E-state index in [1.807, 2.05) is 25.1 Å². The molecule has 0 spiro atoms. The number of benzene rings is 2. The van der Waals surface area contributed by atoms with Crippen LogP contribution in [0.25, 0.3) is 0 Å². The van der Waals surface area contributed by atoms with E-state index in [1.54, 1.807) is 12.1 Å². The van der Waals surface area contributed by atoms with Crippen molar-refractivity contribution in [2.24, 2.45) is 0 Å². The van der Waals surface area contributed by atoms with E-state index >= 15 is 0 Å². The standard InChI is InChI=1S/C13H12BrFN2/c1-8-10(14)3-2-4-12(8)17-13-6-5-9(16)7-11(13)15/h2-7,17H,16H2,1H3. The molecule has 2 aromatic carbocycles. The Balaban J connectivity index is 2.35. The smallest absolute Gasteiger partial charge is 0.148 e. The maximum atomic E-state index is 13.6. The fraction of sp³-hybridized carbons (Fsp3) is 0.0769. The maximum Gasteiger partial charge on any atom is 0.148 e. The molecule has 0 atom stereocenters. The van der Waals surface area contributed by atoms with Gasteiger partial charge in [-0.15, -0.1) is 0 Å². The van der Waals surface area contributed by atoms with E-state index in [4.69, 9.17) is 5.73 Å². The van der Waals surface area contributed by atoms with E-state index in [2.05, 4.69) is 21.2 Å². The summed E-state index contributed by atoms with van der Waals surface area (Å²) in [5.41, 5.74) is 8.23. The van der Waals surface area contributed by atoms with Crippen LogP contribution >= 0.6 is 15.9 Å². The van der Waals surface area contributed by atoms with Crippen molar-refractivity contribution in [3.05, 3.63) is 52.3 Å². The Hall–Kier alpha value is -1.55. The van der Waals surface area contributed by atoms with Crippen LogP contribution in [0.15, 0.2) is 40.9 Å². The zero-order chi connectivity index (χ0) is 12.4. The van der Waals surface area contributed by atoms with Gasteiger partial charge in [0.05, 0.1) is 5.69 Å². The molecule has 0 aliphatic carbocycles. The van der Waals surface area contributed by atoms with E-state index in [-0.39, 0.29) is 5.82 Å². The summed E-state index contributed by atoms with van der Waals surface area (Å²) < 4.78 is 14.6. The van der Waals surface area contributed by atoms with E-state index < -0.39 is 0 Å². The van der Waals surface area contributed by atoms with Crippen LogP contribution in [0.2, 0.25) is 0 Å². The van der Waals surface area contributed by atoms with Gasteiger partial charge in [0.25, 0.3) is 0 Å². The van der Waals surface area contributed by atoms with Gasteiger partial charge >= 0.3 is 0 Å². The lowest BCUT2D eigenvalue weighted by molar-refractivity contribution is 0.632. The molecular weight excluding hydrogens is 283 g/mol. The van der Waals surface area contributed by atoms with Crippen LogP contribution in [0.5, 0.6) is 0 Å². The minimum absolute atomic E-state index is 0.357. The van der Waals surface area contributed by atoms with Gasteiger partial charge in [0, 0.05) is 15.8 Å². The van der Waals surface area contributed by atoms with E-state index in [9.17, 15) is 4.39 Å². The Morgan fingerprint density at radius 2 is 1.94 bits per heavy atom. The summed E-state index contributed by atoms with van der Waals surface area (Å²) in [4.78, 5) is 0. The molecule has 0 heterocycles. The second-order valence-electron chi connectivity index (χ2n) is 3.78. The highest BCUT2D eigenvalue weighted by molar-refractivity contribution is 9.10. The fourth-order valence-electron chi connectivity index (χ4n) is 1.52. The van der Waals surface area contributed by atoms with Crippen LogP contribution in [0.3, 0.4) is 0 Å². The summed E-state index contributed by atoms with van der Waals surface area (Å²) in [6.45, 7) is 1.96. The predicted molar refractivity (Wildman–Crippen MR) is 73.0 cm³/mol. The zero-order valence-corrected chi connectivity index (χ0v) is 10.9. The highest BCUT2D eigenvalue weighted by Gasteiger charge is 2.06. The lowest BCUT2D eigenvalue weighted by Gasteiger charge is -2.11. The Morgan fingerprint density at radius 1 is 1.18 bits per heavy atom. The van der Waals surface area contributed by atoms with Crippen molar-refractivity contribution >= 4 is 33.0 Å². The van der Waals surface area contributed by atoms with E-state index in [0.29, 0.717) is 11.4 Å². The third kappa shape index (κ3) is 2.58. The molecule has 0 radical (unpaired) electrons. The van der Waals surface area contributed by atoms with Gasteiger partial charge in [-0.05, 0) is 42.8 Å². The van der Waals surface area contributed by atoms with Gasteiger partial charge in [-0.1, -0.05) is 22.0 Å². The second kappa shape index (κ2) is 4.75. The molecule has 0 amide bonds. The molecule has 0 saturated heterocycles. The quantitative estimate of drug-likeness (QED) is 0.814. The van der Waals surface area contributed by atoms with Crippen LogP contribution in [-0.2, 0) is 0 Å². The van der Waals surface area contributed by atoms with Gasteiger partial charge in [-0.25, -0.2) is 4.39 Å². The molecule has 0 aliphatic rings. The second-order valence-corrected chi connectivity index (χ2v) is 4.63. The van der Waals surface area contributed by atoms with Crippen molar-refractivity contribution in [2.75, 3.05) is 11.1 Å². The normalized spacial score (nSPS) is 10.3. The van der Waals surface area contributed by atoms with Crippen LogP contribution in [0, 0.1) is 12.7 Å². The first-order chi connectivity index (χ1) is 8.08. The minimum Gasteiger partial charge on any atom is -0.399 e. The van der Waals surface area contributed by atoms with Gasteiger partial charge in [-0.2, -0.15) is 0 Å². The molecule has 0 unspecified atom stereocenters. The van der Waals surface area contributed by atoms with Crippen molar-refractivity contribution in [1.82, 2.24) is 0 Å². The number of anilines is 3. The number of nitrogen functional groups attached to an aromatic ring is 1. The minimum atomic E-state index is -0.357. The van der Waals surface area contributed by atoms with Crippen molar-refractivity contribution in [3.63, 3.8) is 0 Å². The van der Waals surface area contributed by atoms with Crippen LogP contribution in [0.1, 0.15) is 5.56 Å². The molecule has 0 saturated carbocycles. The van der Waals surface area contributed by atoms with Gasteiger partial charge < -0.3 is 11.1 Å². The molecule has 2 nitrogen and oxygen atoms in total. The van der Waals surface area contributed by atoms with Gasteiger partial charge in [0.1, 0.15) is 5.82 Å². The first kappa shape index (κ1) is 11.9. The highest BCUT2D eigenvalue weighted by atomic mass is 79.9. The maximum absolute atomic E-state index is 13.6. The summed E-state index contributed by atoms with van der Waals surface area (Å²) in [6.07, 6.45) is 0. The highest BCUT2D eigenvalue weighted by Crippen LogP contribution is 2.28. The lowest BCUT2D eigenvalue weighted by Crippen LogP contribution is -1.97. The number of hydrogen-bond acceptors (Lipinski definition) is 2. The Labute approximate surface area is 108 Å². The lowest BCUT2D eigenvalue weighted by atomic mass is 10.2. The van der Waals surface area contributed by atoms with Crippen LogP contribution < -0.4 is 11.1 Å². The topological polar surface area (TPSA) is 38.0 Å². The molecule has 3 N–H and O–H groups in total. The number of halogens is 2. The average molecular weight is 295 g/mol. The number of hydrogen-bond donors (Lipinski definition) is 2. The molecule has 0 aromatic heterocycles. The van der Waals surface area contributed by atoms with Gasteiger partial charge in [-0.3, -0.25) is 0 Å². The van der Waals surface area contributed by atoms with Gasteiger partial charge in [0.15, 0.2) is 0 Å². The Kier molecular flexibility index (Phi) is 3.33. The molecule has 88 valence electrons. The molecule has 2 rings (SSSR count). The van der Waals surface area contributed by atoms with Crippen LogP contribution in [-0.4, -0.2) is 0 Å². The van der Waals surface area contributed by atoms with Gasteiger partial charge in [0.2, 0.25) is 0 Å². The Bertz CT molecular complexity index is 555. The van der Waals surface area contributed by atoms with Crippen molar-refractivity contribution < 1.29 is 4.39 Å². The predicted octanol–water partition coefficient (Wildman–Crippen LogP) is 4.22. The third-order valence-corrected chi connectivity index (χ3v) is 3.39. The summed E-state index contributed by atoms with van der Waals surface area (Å²) in [5.74, 6) is -0.357. The number of rotatable bonds is 2. The SMILES string of the molecule is Cc1c(Br)cccc1Nc1ccc(N)cc1F. The van der Waals surface area contributed by atoms with E-state index in [0.717, 1.165) is 15.7 Å². The van der Waals surface area contributed by atoms with E-state index in [1.165, 1.54) is 6.07 Å². The molecule has 0 aliphatic heterocycles. The summed E-state index contributed by atoms with van der Waals surface area (Å²) in [7, 11) is 0. The van der Waals surface area contributed by atoms with Crippen LogP contribution in [0.4, 0.5) is 21.5 Å². The third-order valence-electron chi connectivity index (χ3n) is 2.53. The number of nitrogens with two attached hydrogens (primary N) is 1. The molecular formula is C13H12BrFN2. The molecule has 4 heteroatoms. The number of nitrogens with one attached hydrogen (secondary N) is 1. The molecule has 17 heavy (non-hydrogen) atoms. The average Bonchev–Trinajstić information content (AvgIpc) is 2.28.